The molecule has 0 aromatic carbocycles. The van der Waals surface area contributed by atoms with E-state index in [-0.39, 0.29) is 11.9 Å². The number of H-pyrrole nitrogens is 1. The van der Waals surface area contributed by atoms with Crippen molar-refractivity contribution in [2.75, 3.05) is 32.4 Å². The highest BCUT2D eigenvalue weighted by Gasteiger charge is 2.26. The molecule has 1 atom stereocenters. The molecular formula is C11H19N5O. The number of nitrogen functional groups attached to an aromatic ring is 1. The van der Waals surface area contributed by atoms with Crippen molar-refractivity contribution in [3.63, 3.8) is 0 Å². The zero-order valence-electron chi connectivity index (χ0n) is 10.3. The van der Waals surface area contributed by atoms with E-state index in [2.05, 4.69) is 29.1 Å². The van der Waals surface area contributed by atoms with E-state index in [1.54, 1.807) is 0 Å². The number of carbonyl (C=O) groups is 1. The van der Waals surface area contributed by atoms with E-state index in [4.69, 9.17) is 5.73 Å². The van der Waals surface area contributed by atoms with Gasteiger partial charge in [-0.2, -0.15) is 5.10 Å². The second-order valence-corrected chi connectivity index (χ2v) is 4.66. The molecule has 1 aromatic heterocycles. The number of anilines is 1. The highest BCUT2D eigenvalue weighted by Crippen LogP contribution is 2.15. The average Bonchev–Trinajstić information content (AvgIpc) is 2.61. The third-order valence-electron chi connectivity index (χ3n) is 3.19. The first-order chi connectivity index (χ1) is 8.09. The van der Waals surface area contributed by atoms with Gasteiger partial charge >= 0.3 is 0 Å². The van der Waals surface area contributed by atoms with Gasteiger partial charge in [0.1, 0.15) is 5.69 Å². The highest BCUT2D eigenvalue weighted by molar-refractivity contribution is 5.97. The van der Waals surface area contributed by atoms with Crippen LogP contribution in [0.2, 0.25) is 0 Å². The summed E-state index contributed by atoms with van der Waals surface area (Å²) >= 11 is 0. The second-order valence-electron chi connectivity index (χ2n) is 4.66. The van der Waals surface area contributed by atoms with Crippen LogP contribution in [-0.4, -0.2) is 58.6 Å². The summed E-state index contributed by atoms with van der Waals surface area (Å²) in [4.78, 5) is 16.4. The van der Waals surface area contributed by atoms with Gasteiger partial charge in [-0.25, -0.2) is 0 Å². The molecule has 0 bridgehead atoms. The van der Waals surface area contributed by atoms with E-state index < -0.39 is 0 Å². The van der Waals surface area contributed by atoms with E-state index in [1.807, 2.05) is 4.90 Å². The first-order valence-corrected chi connectivity index (χ1v) is 5.88. The average molecular weight is 237 g/mol. The van der Waals surface area contributed by atoms with Crippen molar-refractivity contribution >= 4 is 11.6 Å². The molecular weight excluding hydrogens is 218 g/mol. The minimum absolute atomic E-state index is 0.0530. The van der Waals surface area contributed by atoms with Crippen LogP contribution in [0.15, 0.2) is 6.20 Å². The largest absolute Gasteiger partial charge is 0.396 e. The van der Waals surface area contributed by atoms with E-state index in [0.29, 0.717) is 11.4 Å². The number of aromatic amines is 1. The molecule has 6 nitrogen and oxygen atoms in total. The molecule has 0 saturated carbocycles. The molecule has 0 aliphatic carbocycles. The van der Waals surface area contributed by atoms with Gasteiger partial charge in [-0.15, -0.1) is 0 Å². The Labute approximate surface area is 101 Å². The Kier molecular flexibility index (Phi) is 3.33. The highest BCUT2D eigenvalue weighted by atomic mass is 16.2. The molecule has 1 aliphatic heterocycles. The van der Waals surface area contributed by atoms with Crippen molar-refractivity contribution in [1.29, 1.82) is 0 Å². The maximum Gasteiger partial charge on any atom is 0.274 e. The van der Waals surface area contributed by atoms with Gasteiger partial charge in [0.05, 0.1) is 11.9 Å². The van der Waals surface area contributed by atoms with Crippen molar-refractivity contribution in [1.82, 2.24) is 20.0 Å². The van der Waals surface area contributed by atoms with Crippen molar-refractivity contribution in [3.8, 4) is 0 Å². The van der Waals surface area contributed by atoms with Crippen LogP contribution >= 0.6 is 0 Å². The lowest BCUT2D eigenvalue weighted by Gasteiger charge is -2.27. The van der Waals surface area contributed by atoms with Crippen LogP contribution in [0.4, 0.5) is 5.69 Å². The molecule has 1 aromatic rings. The van der Waals surface area contributed by atoms with Gasteiger partial charge in [-0.1, -0.05) is 0 Å². The van der Waals surface area contributed by atoms with Crippen LogP contribution in [0.1, 0.15) is 23.8 Å². The van der Waals surface area contributed by atoms with Gasteiger partial charge in [0.15, 0.2) is 0 Å². The summed E-state index contributed by atoms with van der Waals surface area (Å²) in [6.45, 7) is 4.74. The fraction of sp³-hybridized carbons (Fsp3) is 0.636. The predicted octanol–water partition coefficient (Wildman–Crippen LogP) is 0.158. The van der Waals surface area contributed by atoms with Gasteiger partial charge in [0.25, 0.3) is 5.91 Å². The number of likely N-dealkylation sites (N-methyl/N-ethyl adjacent to an activating group) is 1. The molecule has 0 radical (unpaired) electrons. The fourth-order valence-corrected chi connectivity index (χ4v) is 2.28. The standard InChI is InChI=1S/C11H19N5O/c1-8-7-15(2)4-3-5-16(8)11(17)10-9(12)6-13-14-10/h6,8H,3-5,7,12H2,1-2H3,(H,13,14). The van der Waals surface area contributed by atoms with Crippen LogP contribution in [-0.2, 0) is 0 Å². The van der Waals surface area contributed by atoms with Crippen LogP contribution in [0.25, 0.3) is 0 Å². The summed E-state index contributed by atoms with van der Waals surface area (Å²) in [5.41, 5.74) is 6.53. The number of nitrogens with zero attached hydrogens (tertiary/aromatic N) is 3. The van der Waals surface area contributed by atoms with Gasteiger partial charge in [0.2, 0.25) is 0 Å². The number of nitrogens with one attached hydrogen (secondary N) is 1. The quantitative estimate of drug-likeness (QED) is 0.729. The zero-order valence-corrected chi connectivity index (χ0v) is 10.3. The molecule has 17 heavy (non-hydrogen) atoms. The van der Waals surface area contributed by atoms with Crippen LogP contribution in [0, 0.1) is 0 Å². The predicted molar refractivity (Wildman–Crippen MR) is 65.6 cm³/mol. The summed E-state index contributed by atoms with van der Waals surface area (Å²) < 4.78 is 0. The molecule has 1 saturated heterocycles. The number of rotatable bonds is 1. The van der Waals surface area contributed by atoms with Crippen molar-refractivity contribution in [2.24, 2.45) is 0 Å². The summed E-state index contributed by atoms with van der Waals surface area (Å²) in [7, 11) is 2.08. The van der Waals surface area contributed by atoms with E-state index >= 15 is 0 Å². The first-order valence-electron chi connectivity index (χ1n) is 5.88. The SMILES string of the molecule is CC1CN(C)CCCN1C(=O)c1[nH]ncc1N. The number of hydrogen-bond acceptors (Lipinski definition) is 4. The molecule has 2 rings (SSSR count). The normalized spacial score (nSPS) is 22.5. The van der Waals surface area contributed by atoms with Crippen molar-refractivity contribution in [3.05, 3.63) is 11.9 Å². The first kappa shape index (κ1) is 11.9. The van der Waals surface area contributed by atoms with Crippen LogP contribution in [0.5, 0.6) is 0 Å². The van der Waals surface area contributed by atoms with E-state index in [1.165, 1.54) is 6.20 Å². The third-order valence-corrected chi connectivity index (χ3v) is 3.19. The van der Waals surface area contributed by atoms with E-state index in [9.17, 15) is 4.79 Å². The Morgan fingerprint density at radius 2 is 2.35 bits per heavy atom. The molecule has 1 amide bonds. The van der Waals surface area contributed by atoms with E-state index in [0.717, 1.165) is 26.1 Å². The minimum atomic E-state index is -0.0530. The Morgan fingerprint density at radius 1 is 1.59 bits per heavy atom. The van der Waals surface area contributed by atoms with Crippen molar-refractivity contribution < 1.29 is 4.79 Å². The monoisotopic (exact) mass is 237 g/mol. The van der Waals surface area contributed by atoms with Gasteiger partial charge < -0.3 is 15.5 Å². The molecule has 2 heterocycles. The number of amides is 1. The molecule has 1 unspecified atom stereocenters. The number of nitrogens with two attached hydrogens (primary N) is 1. The maximum absolute atomic E-state index is 12.3. The molecule has 1 aliphatic rings. The third kappa shape index (κ3) is 2.41. The lowest BCUT2D eigenvalue weighted by molar-refractivity contribution is 0.0691. The number of hydrogen-bond donors (Lipinski definition) is 2. The van der Waals surface area contributed by atoms with Gasteiger partial charge in [-0.05, 0) is 26.9 Å². The van der Waals surface area contributed by atoms with Gasteiger partial charge in [-0.3, -0.25) is 9.89 Å². The molecule has 94 valence electrons. The maximum atomic E-state index is 12.3. The molecule has 0 spiro atoms. The molecule has 6 heteroatoms. The molecule has 1 fully saturated rings. The lowest BCUT2D eigenvalue weighted by atomic mass is 10.2. The number of aromatic nitrogens is 2. The zero-order chi connectivity index (χ0) is 12.4. The fourth-order valence-electron chi connectivity index (χ4n) is 2.28. The Hall–Kier alpha value is -1.56. The summed E-state index contributed by atoms with van der Waals surface area (Å²) in [6, 6.07) is 0.192. The Balaban J connectivity index is 2.16. The van der Waals surface area contributed by atoms with Crippen LogP contribution < -0.4 is 5.73 Å². The lowest BCUT2D eigenvalue weighted by Crippen LogP contribution is -2.42. The molecule has 3 N–H and O–H groups in total. The van der Waals surface area contributed by atoms with Crippen molar-refractivity contribution in [2.45, 2.75) is 19.4 Å². The minimum Gasteiger partial charge on any atom is -0.396 e. The summed E-state index contributed by atoms with van der Waals surface area (Å²) in [5, 5.41) is 6.47. The number of carbonyl (C=O) groups excluding carboxylic acids is 1. The van der Waals surface area contributed by atoms with Gasteiger partial charge in [0, 0.05) is 19.1 Å². The smallest absolute Gasteiger partial charge is 0.274 e. The Morgan fingerprint density at radius 3 is 3.00 bits per heavy atom. The second kappa shape index (κ2) is 4.75. The topological polar surface area (TPSA) is 78.2 Å². The van der Waals surface area contributed by atoms with Crippen LogP contribution in [0.3, 0.4) is 0 Å². The summed E-state index contributed by atoms with van der Waals surface area (Å²) in [5.74, 6) is -0.0530. The Bertz CT molecular complexity index is 402. The summed E-state index contributed by atoms with van der Waals surface area (Å²) in [6.07, 6.45) is 2.46.